The molecule has 0 spiro atoms. The lowest BCUT2D eigenvalue weighted by Gasteiger charge is -2.34. The van der Waals surface area contributed by atoms with Gasteiger partial charge in [0.2, 0.25) is 0 Å². The summed E-state index contributed by atoms with van der Waals surface area (Å²) in [4.78, 5) is 2.18. The number of nitrogens with two attached hydrogens (primary N) is 1. The Bertz CT molecular complexity index is 411. The minimum Gasteiger partial charge on any atom is -0.495 e. The third-order valence-electron chi connectivity index (χ3n) is 3.90. The fourth-order valence-corrected chi connectivity index (χ4v) is 2.78. The van der Waals surface area contributed by atoms with Crippen LogP contribution in [-0.4, -0.2) is 39.0 Å². The van der Waals surface area contributed by atoms with E-state index in [1.165, 1.54) is 0 Å². The molecule has 19 heavy (non-hydrogen) atoms. The van der Waals surface area contributed by atoms with Crippen molar-refractivity contribution in [2.45, 2.75) is 38.0 Å². The Hall–Kier alpha value is -1.26. The first-order valence-corrected chi connectivity index (χ1v) is 6.88. The van der Waals surface area contributed by atoms with Crippen LogP contribution < -0.4 is 15.4 Å². The SMILES string of the molecule is COc1ccccc1N(C)C(CN)C1CCC(C)O1. The maximum absolute atomic E-state index is 5.97. The average Bonchev–Trinajstić information content (AvgIpc) is 2.86. The smallest absolute Gasteiger partial charge is 0.142 e. The third kappa shape index (κ3) is 3.01. The van der Waals surface area contributed by atoms with Crippen molar-refractivity contribution < 1.29 is 9.47 Å². The summed E-state index contributed by atoms with van der Waals surface area (Å²) in [5, 5.41) is 0. The van der Waals surface area contributed by atoms with Crippen molar-refractivity contribution >= 4 is 5.69 Å². The quantitative estimate of drug-likeness (QED) is 0.884. The van der Waals surface area contributed by atoms with Crippen molar-refractivity contribution in [2.75, 3.05) is 25.6 Å². The van der Waals surface area contributed by atoms with Crippen molar-refractivity contribution in [3.63, 3.8) is 0 Å². The summed E-state index contributed by atoms with van der Waals surface area (Å²) in [6.07, 6.45) is 2.73. The molecule has 1 aliphatic heterocycles. The summed E-state index contributed by atoms with van der Waals surface area (Å²) in [5.74, 6) is 0.870. The molecule has 1 aliphatic rings. The van der Waals surface area contributed by atoms with Gasteiger partial charge >= 0.3 is 0 Å². The fraction of sp³-hybridized carbons (Fsp3) is 0.600. The zero-order valence-electron chi connectivity index (χ0n) is 12.0. The summed E-state index contributed by atoms with van der Waals surface area (Å²) in [5.41, 5.74) is 7.02. The Morgan fingerprint density at radius 3 is 2.74 bits per heavy atom. The van der Waals surface area contributed by atoms with E-state index in [4.69, 9.17) is 15.2 Å². The second-order valence-electron chi connectivity index (χ2n) is 5.15. The van der Waals surface area contributed by atoms with Gasteiger partial charge in [-0.05, 0) is 31.9 Å². The first kappa shape index (κ1) is 14.2. The van der Waals surface area contributed by atoms with E-state index >= 15 is 0 Å². The molecule has 0 amide bonds. The number of hydrogen-bond donors (Lipinski definition) is 1. The predicted octanol–water partition coefficient (Wildman–Crippen LogP) is 2.03. The third-order valence-corrected chi connectivity index (χ3v) is 3.90. The first-order valence-electron chi connectivity index (χ1n) is 6.88. The van der Waals surface area contributed by atoms with Gasteiger partial charge < -0.3 is 20.1 Å². The van der Waals surface area contributed by atoms with Crippen LogP contribution in [0, 0.1) is 0 Å². The number of ether oxygens (including phenoxy) is 2. The molecule has 0 radical (unpaired) electrons. The van der Waals surface area contributed by atoms with Crippen molar-refractivity contribution in [1.82, 2.24) is 0 Å². The Morgan fingerprint density at radius 2 is 2.16 bits per heavy atom. The molecule has 0 aromatic heterocycles. The molecule has 0 bridgehead atoms. The molecular formula is C15H24N2O2. The normalized spacial score (nSPS) is 24.2. The summed E-state index contributed by atoms with van der Waals surface area (Å²) >= 11 is 0. The van der Waals surface area contributed by atoms with Crippen molar-refractivity contribution in [3.05, 3.63) is 24.3 Å². The van der Waals surface area contributed by atoms with Gasteiger partial charge in [-0.1, -0.05) is 12.1 Å². The van der Waals surface area contributed by atoms with Gasteiger partial charge in [-0.2, -0.15) is 0 Å². The Kier molecular flexibility index (Phi) is 4.66. The minimum atomic E-state index is 0.182. The van der Waals surface area contributed by atoms with Crippen LogP contribution in [0.25, 0.3) is 0 Å². The molecule has 1 fully saturated rings. The fourth-order valence-electron chi connectivity index (χ4n) is 2.78. The molecule has 1 heterocycles. The topological polar surface area (TPSA) is 47.7 Å². The summed E-state index contributed by atoms with van der Waals surface area (Å²) in [7, 11) is 3.75. The Labute approximate surface area is 115 Å². The predicted molar refractivity (Wildman–Crippen MR) is 77.8 cm³/mol. The molecule has 1 saturated heterocycles. The molecule has 2 rings (SSSR count). The van der Waals surface area contributed by atoms with Gasteiger partial charge in [-0.15, -0.1) is 0 Å². The van der Waals surface area contributed by atoms with E-state index < -0.39 is 0 Å². The second kappa shape index (κ2) is 6.26. The Morgan fingerprint density at radius 1 is 1.42 bits per heavy atom. The highest BCUT2D eigenvalue weighted by molar-refractivity contribution is 5.58. The molecule has 1 aromatic rings. The lowest BCUT2D eigenvalue weighted by atomic mass is 10.1. The van der Waals surface area contributed by atoms with Crippen LogP contribution in [0.2, 0.25) is 0 Å². The zero-order valence-corrected chi connectivity index (χ0v) is 12.0. The Balaban J connectivity index is 2.18. The van der Waals surface area contributed by atoms with Crippen LogP contribution >= 0.6 is 0 Å². The van der Waals surface area contributed by atoms with Crippen LogP contribution in [0.5, 0.6) is 5.75 Å². The van der Waals surface area contributed by atoms with Crippen molar-refractivity contribution in [1.29, 1.82) is 0 Å². The molecule has 3 unspecified atom stereocenters. The zero-order chi connectivity index (χ0) is 13.8. The molecule has 2 N–H and O–H groups in total. The van der Waals surface area contributed by atoms with E-state index in [2.05, 4.69) is 24.9 Å². The molecule has 0 aliphatic carbocycles. The molecule has 4 heteroatoms. The number of hydrogen-bond acceptors (Lipinski definition) is 4. The van der Waals surface area contributed by atoms with Gasteiger partial charge in [0.25, 0.3) is 0 Å². The standard InChI is InChI=1S/C15H24N2O2/c1-11-8-9-15(19-11)13(10-16)17(2)12-6-4-5-7-14(12)18-3/h4-7,11,13,15H,8-10,16H2,1-3H3. The van der Waals surface area contributed by atoms with E-state index in [-0.39, 0.29) is 12.1 Å². The molecule has 1 aromatic carbocycles. The van der Waals surface area contributed by atoms with E-state index in [1.807, 2.05) is 18.2 Å². The van der Waals surface area contributed by atoms with Crippen LogP contribution in [0.3, 0.4) is 0 Å². The largest absolute Gasteiger partial charge is 0.495 e. The van der Waals surface area contributed by atoms with Gasteiger partial charge in [-0.25, -0.2) is 0 Å². The number of benzene rings is 1. The summed E-state index contributed by atoms with van der Waals surface area (Å²) in [6.45, 7) is 2.70. The van der Waals surface area contributed by atoms with Crippen LogP contribution in [0.15, 0.2) is 24.3 Å². The van der Waals surface area contributed by atoms with Gasteiger partial charge in [0.15, 0.2) is 0 Å². The number of nitrogens with zero attached hydrogens (tertiary/aromatic N) is 1. The van der Waals surface area contributed by atoms with Gasteiger partial charge in [0.05, 0.1) is 31.0 Å². The highest BCUT2D eigenvalue weighted by atomic mass is 16.5. The van der Waals surface area contributed by atoms with Crippen LogP contribution in [-0.2, 0) is 4.74 Å². The average molecular weight is 264 g/mol. The highest BCUT2D eigenvalue weighted by Gasteiger charge is 2.32. The monoisotopic (exact) mass is 264 g/mol. The maximum atomic E-state index is 5.97. The number of anilines is 1. The number of likely N-dealkylation sites (N-methyl/N-ethyl adjacent to an activating group) is 1. The van der Waals surface area contributed by atoms with Crippen LogP contribution in [0.4, 0.5) is 5.69 Å². The molecule has 4 nitrogen and oxygen atoms in total. The molecular weight excluding hydrogens is 240 g/mol. The van der Waals surface area contributed by atoms with Crippen LogP contribution in [0.1, 0.15) is 19.8 Å². The number of methoxy groups -OCH3 is 1. The van der Waals surface area contributed by atoms with E-state index in [1.54, 1.807) is 7.11 Å². The molecule has 0 saturated carbocycles. The number of para-hydroxylation sites is 2. The highest BCUT2D eigenvalue weighted by Crippen LogP contribution is 2.31. The van der Waals surface area contributed by atoms with E-state index in [0.29, 0.717) is 12.6 Å². The second-order valence-corrected chi connectivity index (χ2v) is 5.15. The lowest BCUT2D eigenvalue weighted by molar-refractivity contribution is 0.0411. The molecule has 3 atom stereocenters. The van der Waals surface area contributed by atoms with E-state index in [0.717, 1.165) is 24.3 Å². The van der Waals surface area contributed by atoms with Crippen molar-refractivity contribution in [2.24, 2.45) is 5.73 Å². The first-order chi connectivity index (χ1) is 9.17. The maximum Gasteiger partial charge on any atom is 0.142 e. The summed E-state index contributed by atoms with van der Waals surface area (Å²) < 4.78 is 11.4. The molecule has 106 valence electrons. The van der Waals surface area contributed by atoms with Gasteiger partial charge in [0, 0.05) is 13.6 Å². The van der Waals surface area contributed by atoms with Gasteiger partial charge in [0.1, 0.15) is 5.75 Å². The minimum absolute atomic E-state index is 0.182. The van der Waals surface area contributed by atoms with E-state index in [9.17, 15) is 0 Å². The van der Waals surface area contributed by atoms with Gasteiger partial charge in [-0.3, -0.25) is 0 Å². The van der Waals surface area contributed by atoms with Crippen molar-refractivity contribution in [3.8, 4) is 5.75 Å². The lowest BCUT2D eigenvalue weighted by Crippen LogP contribution is -2.46. The number of rotatable bonds is 5. The summed E-state index contributed by atoms with van der Waals surface area (Å²) in [6, 6.07) is 8.19.